The van der Waals surface area contributed by atoms with Gasteiger partial charge in [-0.1, -0.05) is 19.9 Å². The molecule has 2 aliphatic rings. The maximum atomic E-state index is 15.6. The number of ether oxygens (including phenoxy) is 1. The Kier molecular flexibility index (Phi) is 6.25. The molecule has 0 bridgehead atoms. The van der Waals surface area contributed by atoms with Gasteiger partial charge in [-0.15, -0.1) is 0 Å². The molecule has 6 rings (SSSR count). The largest absolute Gasteiger partial charge is 0.464 e. The second kappa shape index (κ2) is 9.67. The number of pyridine rings is 3. The Balaban J connectivity index is 1.61. The van der Waals surface area contributed by atoms with Crippen LogP contribution in [0, 0.1) is 18.6 Å². The van der Waals surface area contributed by atoms with E-state index in [1.807, 2.05) is 17.2 Å². The van der Waals surface area contributed by atoms with Gasteiger partial charge in [-0.25, -0.2) is 28.4 Å². The van der Waals surface area contributed by atoms with Crippen LogP contribution in [0.3, 0.4) is 0 Å². The molecule has 3 aromatic heterocycles. The summed E-state index contributed by atoms with van der Waals surface area (Å²) in [6.07, 6.45) is 2.00. The average molecular weight is 547 g/mol. The summed E-state index contributed by atoms with van der Waals surface area (Å²) in [4.78, 5) is 31.1. The van der Waals surface area contributed by atoms with E-state index >= 15 is 4.39 Å². The van der Waals surface area contributed by atoms with Crippen molar-refractivity contribution < 1.29 is 23.4 Å². The minimum Gasteiger partial charge on any atom is -0.464 e. The number of carboxylic acid groups (broad SMARTS) is 1. The van der Waals surface area contributed by atoms with Gasteiger partial charge < -0.3 is 19.6 Å². The van der Waals surface area contributed by atoms with E-state index < -0.39 is 23.1 Å². The number of anilines is 5. The van der Waals surface area contributed by atoms with Gasteiger partial charge in [0.15, 0.2) is 0 Å². The summed E-state index contributed by atoms with van der Waals surface area (Å²) in [7, 11) is 0. The molecular formula is C29H28F2N6O3. The topological polar surface area (TPSA) is 94.9 Å². The molecule has 11 heteroatoms. The summed E-state index contributed by atoms with van der Waals surface area (Å²) in [6.45, 7) is 8.91. The van der Waals surface area contributed by atoms with Crippen molar-refractivity contribution in [3.8, 4) is 0 Å². The molecule has 206 valence electrons. The van der Waals surface area contributed by atoms with Gasteiger partial charge in [-0.2, -0.15) is 0 Å². The summed E-state index contributed by atoms with van der Waals surface area (Å²) in [6, 6.07) is 8.84. The number of carbonyl (C=O) groups is 1. The van der Waals surface area contributed by atoms with Crippen molar-refractivity contribution in [2.24, 2.45) is 0 Å². The van der Waals surface area contributed by atoms with Crippen LogP contribution in [0.4, 0.5) is 42.3 Å². The van der Waals surface area contributed by atoms with Crippen LogP contribution in [-0.2, 0) is 10.2 Å². The third-order valence-corrected chi connectivity index (χ3v) is 7.45. The number of fused-ring (bicyclic) bond motifs is 2. The lowest BCUT2D eigenvalue weighted by Crippen LogP contribution is -2.36. The van der Waals surface area contributed by atoms with E-state index in [1.54, 1.807) is 19.1 Å². The van der Waals surface area contributed by atoms with Gasteiger partial charge in [0.05, 0.1) is 53.1 Å². The number of hydrogen-bond acceptors (Lipinski definition) is 7. The van der Waals surface area contributed by atoms with Crippen LogP contribution in [0.15, 0.2) is 48.8 Å². The second-order valence-electron chi connectivity index (χ2n) is 10.6. The van der Waals surface area contributed by atoms with Crippen molar-refractivity contribution in [2.75, 3.05) is 47.5 Å². The molecule has 5 heterocycles. The maximum absolute atomic E-state index is 15.6. The summed E-state index contributed by atoms with van der Waals surface area (Å²) in [5.41, 5.74) is 2.92. The number of amides is 1. The molecule has 0 saturated carbocycles. The van der Waals surface area contributed by atoms with Gasteiger partial charge in [-0.3, -0.25) is 4.98 Å². The van der Waals surface area contributed by atoms with Crippen LogP contribution >= 0.6 is 0 Å². The first-order valence-corrected chi connectivity index (χ1v) is 13.0. The van der Waals surface area contributed by atoms with E-state index in [9.17, 15) is 14.3 Å². The Morgan fingerprint density at radius 3 is 2.60 bits per heavy atom. The number of morpholine rings is 1. The van der Waals surface area contributed by atoms with Crippen LogP contribution in [0.1, 0.15) is 25.1 Å². The third kappa shape index (κ3) is 4.26. The quantitative estimate of drug-likeness (QED) is 0.349. The number of aromatic nitrogens is 3. The van der Waals surface area contributed by atoms with E-state index in [4.69, 9.17) is 9.72 Å². The number of nitrogens with zero attached hydrogens (tertiary/aromatic N) is 6. The van der Waals surface area contributed by atoms with E-state index in [1.165, 1.54) is 12.3 Å². The zero-order valence-electron chi connectivity index (χ0n) is 22.4. The Morgan fingerprint density at radius 2 is 1.90 bits per heavy atom. The van der Waals surface area contributed by atoms with Gasteiger partial charge in [0.1, 0.15) is 23.3 Å². The first-order chi connectivity index (χ1) is 19.2. The van der Waals surface area contributed by atoms with Crippen LogP contribution in [0.2, 0.25) is 0 Å². The highest BCUT2D eigenvalue weighted by Gasteiger charge is 2.40. The zero-order chi connectivity index (χ0) is 28.2. The lowest BCUT2D eigenvalue weighted by Gasteiger charge is -2.30. The molecule has 40 heavy (non-hydrogen) atoms. The van der Waals surface area contributed by atoms with Crippen LogP contribution in [0.25, 0.3) is 10.9 Å². The van der Waals surface area contributed by atoms with Gasteiger partial charge in [0.2, 0.25) is 0 Å². The first-order valence-electron chi connectivity index (χ1n) is 13.0. The highest BCUT2D eigenvalue weighted by Crippen LogP contribution is 2.49. The molecule has 1 saturated heterocycles. The van der Waals surface area contributed by atoms with Crippen LogP contribution in [0.5, 0.6) is 0 Å². The highest BCUT2D eigenvalue weighted by atomic mass is 19.1. The molecule has 1 amide bonds. The van der Waals surface area contributed by atoms with E-state index in [0.29, 0.717) is 31.0 Å². The molecule has 2 aliphatic heterocycles. The Hall–Kier alpha value is -4.38. The van der Waals surface area contributed by atoms with Gasteiger partial charge in [0.25, 0.3) is 0 Å². The fourth-order valence-electron chi connectivity index (χ4n) is 5.63. The minimum atomic E-state index is -1.32. The second-order valence-corrected chi connectivity index (χ2v) is 10.6. The Bertz CT molecular complexity index is 1630. The predicted octanol–water partition coefficient (Wildman–Crippen LogP) is 5.69. The van der Waals surface area contributed by atoms with Gasteiger partial charge in [0, 0.05) is 48.9 Å². The van der Waals surface area contributed by atoms with Gasteiger partial charge >= 0.3 is 6.09 Å². The molecular weight excluding hydrogens is 518 g/mol. The summed E-state index contributed by atoms with van der Waals surface area (Å²) >= 11 is 0. The fourth-order valence-corrected chi connectivity index (χ4v) is 5.63. The predicted molar refractivity (Wildman–Crippen MR) is 148 cm³/mol. The molecule has 1 aromatic carbocycles. The van der Waals surface area contributed by atoms with E-state index in [2.05, 4.69) is 28.7 Å². The monoisotopic (exact) mass is 546 g/mol. The molecule has 0 radical (unpaired) electrons. The first kappa shape index (κ1) is 25.9. The standard InChI is InChI=1S/C29H28F2N6O3/c1-17-25(36-16-29(2,3)26-22(36)14-19(15-33-26)35-8-10-40-11-9-35)24-20(31)12-18(30)13-21(24)34-27(17)37(28(38)39)23-6-4-5-7-32-23/h4-7,12-15H,8-11,16H2,1-3H3,(H,38,39). The third-order valence-electron chi connectivity index (χ3n) is 7.45. The number of halogens is 2. The van der Waals surface area contributed by atoms with E-state index in [0.717, 1.165) is 47.2 Å². The number of hydrogen-bond donors (Lipinski definition) is 1. The zero-order valence-corrected chi connectivity index (χ0v) is 22.4. The van der Waals surface area contributed by atoms with Crippen molar-refractivity contribution in [1.29, 1.82) is 0 Å². The Labute approximate surface area is 229 Å². The molecule has 0 unspecified atom stereocenters. The number of rotatable bonds is 4. The minimum absolute atomic E-state index is 0.00108. The summed E-state index contributed by atoms with van der Waals surface area (Å²) in [5, 5.41) is 10.3. The SMILES string of the molecule is Cc1c(N(C(=O)O)c2ccccn2)nc2cc(F)cc(F)c2c1N1CC(C)(C)c2ncc(N3CCOCC3)cc21. The molecule has 0 aliphatic carbocycles. The lowest BCUT2D eigenvalue weighted by molar-refractivity contribution is 0.122. The smallest absolute Gasteiger partial charge is 0.418 e. The Morgan fingerprint density at radius 1 is 1.12 bits per heavy atom. The molecule has 1 fully saturated rings. The average Bonchev–Trinajstić information content (AvgIpc) is 3.20. The molecule has 0 atom stereocenters. The normalized spacial score (nSPS) is 16.3. The van der Waals surface area contributed by atoms with Crippen molar-refractivity contribution in [3.05, 3.63) is 71.7 Å². The van der Waals surface area contributed by atoms with E-state index in [-0.39, 0.29) is 22.5 Å². The lowest BCUT2D eigenvalue weighted by atomic mass is 9.91. The summed E-state index contributed by atoms with van der Waals surface area (Å²) < 4.78 is 35.6. The van der Waals surface area contributed by atoms with Crippen LogP contribution in [-0.4, -0.2) is 59.0 Å². The van der Waals surface area contributed by atoms with Crippen molar-refractivity contribution >= 4 is 45.7 Å². The van der Waals surface area contributed by atoms with Gasteiger partial charge in [-0.05, 0) is 25.1 Å². The fraction of sp³-hybridized carbons (Fsp3) is 0.310. The van der Waals surface area contributed by atoms with Crippen molar-refractivity contribution in [2.45, 2.75) is 26.2 Å². The highest BCUT2D eigenvalue weighted by molar-refractivity contribution is 6.03. The maximum Gasteiger partial charge on any atom is 0.418 e. The summed E-state index contributed by atoms with van der Waals surface area (Å²) in [5.74, 6) is -1.46. The van der Waals surface area contributed by atoms with Crippen LogP contribution < -0.4 is 14.7 Å². The van der Waals surface area contributed by atoms with Crippen molar-refractivity contribution in [1.82, 2.24) is 15.0 Å². The molecule has 1 N–H and O–H groups in total. The molecule has 0 spiro atoms. The molecule has 9 nitrogen and oxygen atoms in total. The molecule has 4 aromatic rings. The van der Waals surface area contributed by atoms with Crippen molar-refractivity contribution in [3.63, 3.8) is 0 Å². The number of benzene rings is 1.